The van der Waals surface area contributed by atoms with E-state index >= 15 is 0 Å². The van der Waals surface area contributed by atoms with Gasteiger partial charge in [-0.2, -0.15) is 0 Å². The zero-order chi connectivity index (χ0) is 9.90. The van der Waals surface area contributed by atoms with E-state index in [1.54, 1.807) is 0 Å². The van der Waals surface area contributed by atoms with Crippen molar-refractivity contribution in [1.82, 2.24) is 4.90 Å². The Kier molecular flexibility index (Phi) is 3.74. The Morgan fingerprint density at radius 3 is 2.62 bits per heavy atom. The van der Waals surface area contributed by atoms with Crippen LogP contribution in [0.5, 0.6) is 0 Å². The van der Waals surface area contributed by atoms with Crippen LogP contribution in [0.2, 0.25) is 0 Å². The van der Waals surface area contributed by atoms with E-state index in [2.05, 4.69) is 25.7 Å². The molecule has 0 aromatic carbocycles. The molecule has 1 aliphatic heterocycles. The predicted molar refractivity (Wildman–Crippen MR) is 57.8 cm³/mol. The summed E-state index contributed by atoms with van der Waals surface area (Å²) in [4.78, 5) is 2.61. The summed E-state index contributed by atoms with van der Waals surface area (Å²) in [5, 5.41) is 0. The summed E-state index contributed by atoms with van der Waals surface area (Å²) in [6.07, 6.45) is 5.16. The van der Waals surface area contributed by atoms with Gasteiger partial charge in [0, 0.05) is 18.1 Å². The highest BCUT2D eigenvalue weighted by atomic mass is 15.2. The number of nitrogens with zero attached hydrogens (tertiary/aromatic N) is 1. The third kappa shape index (κ3) is 2.23. The molecule has 0 saturated carbocycles. The molecule has 13 heavy (non-hydrogen) atoms. The first-order valence-corrected chi connectivity index (χ1v) is 5.61. The Labute approximate surface area is 82.5 Å². The molecule has 1 aliphatic rings. The van der Waals surface area contributed by atoms with Gasteiger partial charge in [-0.25, -0.2) is 0 Å². The summed E-state index contributed by atoms with van der Waals surface area (Å²) in [5.41, 5.74) is 6.15. The molecule has 2 heteroatoms. The van der Waals surface area contributed by atoms with Crippen molar-refractivity contribution < 1.29 is 0 Å². The summed E-state index contributed by atoms with van der Waals surface area (Å²) in [7, 11) is 0. The minimum absolute atomic E-state index is 0.255. The molecular weight excluding hydrogens is 160 g/mol. The molecule has 0 aromatic rings. The second kappa shape index (κ2) is 4.43. The molecule has 2 atom stereocenters. The fourth-order valence-corrected chi connectivity index (χ4v) is 2.64. The van der Waals surface area contributed by atoms with Crippen LogP contribution >= 0.6 is 0 Å². The molecule has 1 saturated heterocycles. The average Bonchev–Trinajstić information content (AvgIpc) is 2.52. The molecule has 78 valence electrons. The monoisotopic (exact) mass is 184 g/mol. The maximum absolute atomic E-state index is 5.89. The molecule has 1 rings (SSSR count). The summed E-state index contributed by atoms with van der Waals surface area (Å²) in [5.74, 6) is 0. The molecule has 2 nitrogen and oxygen atoms in total. The molecule has 1 heterocycles. The number of likely N-dealkylation sites (tertiary alicyclic amines) is 1. The van der Waals surface area contributed by atoms with Crippen molar-refractivity contribution in [3.63, 3.8) is 0 Å². The van der Waals surface area contributed by atoms with Crippen molar-refractivity contribution in [2.24, 2.45) is 5.73 Å². The number of hydrogen-bond donors (Lipinski definition) is 1. The van der Waals surface area contributed by atoms with Crippen molar-refractivity contribution in [1.29, 1.82) is 0 Å². The van der Waals surface area contributed by atoms with E-state index in [4.69, 9.17) is 5.73 Å². The lowest BCUT2D eigenvalue weighted by Crippen LogP contribution is -2.52. The largest absolute Gasteiger partial charge is 0.329 e. The highest BCUT2D eigenvalue weighted by molar-refractivity contribution is 4.92. The number of hydrogen-bond acceptors (Lipinski definition) is 2. The van der Waals surface area contributed by atoms with Gasteiger partial charge in [0.2, 0.25) is 0 Å². The van der Waals surface area contributed by atoms with Gasteiger partial charge in [0.1, 0.15) is 0 Å². The fraction of sp³-hybridized carbons (Fsp3) is 1.00. The Morgan fingerprint density at radius 2 is 2.23 bits per heavy atom. The Balaban J connectivity index is 2.63. The second-order valence-electron chi connectivity index (χ2n) is 4.64. The predicted octanol–water partition coefficient (Wildman–Crippen LogP) is 1.99. The van der Waals surface area contributed by atoms with Gasteiger partial charge in [-0.05, 0) is 39.7 Å². The van der Waals surface area contributed by atoms with Gasteiger partial charge in [0.15, 0.2) is 0 Å². The van der Waals surface area contributed by atoms with Crippen LogP contribution in [0.3, 0.4) is 0 Å². The minimum Gasteiger partial charge on any atom is -0.329 e. The normalized spacial score (nSPS) is 29.1. The summed E-state index contributed by atoms with van der Waals surface area (Å²) >= 11 is 0. The first kappa shape index (κ1) is 11.0. The quantitative estimate of drug-likeness (QED) is 0.724. The van der Waals surface area contributed by atoms with Gasteiger partial charge in [-0.1, -0.05) is 13.3 Å². The SMILES string of the molecule is CCCC(C)(CN)N1CCCC1C. The summed E-state index contributed by atoms with van der Waals surface area (Å²) in [6, 6.07) is 0.736. The van der Waals surface area contributed by atoms with Crippen LogP contribution in [0.25, 0.3) is 0 Å². The smallest absolute Gasteiger partial charge is 0.0306 e. The Bertz CT molecular complexity index is 158. The van der Waals surface area contributed by atoms with Gasteiger partial charge in [0.05, 0.1) is 0 Å². The zero-order valence-electron chi connectivity index (χ0n) is 9.34. The van der Waals surface area contributed by atoms with Crippen LogP contribution in [0.4, 0.5) is 0 Å². The molecule has 1 fully saturated rings. The first-order valence-electron chi connectivity index (χ1n) is 5.61. The minimum atomic E-state index is 0.255. The molecular formula is C11H24N2. The maximum atomic E-state index is 5.89. The third-order valence-corrected chi connectivity index (χ3v) is 3.47. The highest BCUT2D eigenvalue weighted by Crippen LogP contribution is 2.29. The zero-order valence-corrected chi connectivity index (χ0v) is 9.34. The van der Waals surface area contributed by atoms with Crippen molar-refractivity contribution in [2.45, 2.75) is 58.0 Å². The van der Waals surface area contributed by atoms with E-state index in [1.165, 1.54) is 32.2 Å². The number of nitrogens with two attached hydrogens (primary N) is 1. The molecule has 0 bridgehead atoms. The fourth-order valence-electron chi connectivity index (χ4n) is 2.64. The molecule has 0 aromatic heterocycles. The molecule has 0 amide bonds. The van der Waals surface area contributed by atoms with Crippen LogP contribution < -0.4 is 5.73 Å². The molecule has 2 N–H and O–H groups in total. The topological polar surface area (TPSA) is 29.3 Å². The first-order chi connectivity index (χ1) is 6.14. The summed E-state index contributed by atoms with van der Waals surface area (Å²) < 4.78 is 0. The van der Waals surface area contributed by atoms with E-state index < -0.39 is 0 Å². The molecule has 0 spiro atoms. The van der Waals surface area contributed by atoms with Gasteiger partial charge < -0.3 is 5.73 Å². The third-order valence-electron chi connectivity index (χ3n) is 3.47. The molecule has 2 unspecified atom stereocenters. The lowest BCUT2D eigenvalue weighted by atomic mass is 9.93. The molecule has 0 radical (unpaired) electrons. The Hall–Kier alpha value is -0.0800. The van der Waals surface area contributed by atoms with E-state index in [0.29, 0.717) is 0 Å². The van der Waals surface area contributed by atoms with Crippen LogP contribution in [0, 0.1) is 0 Å². The van der Waals surface area contributed by atoms with E-state index in [1.807, 2.05) is 0 Å². The standard InChI is InChI=1S/C11H24N2/c1-4-7-11(3,9-12)13-8-5-6-10(13)2/h10H,4-9,12H2,1-3H3. The van der Waals surface area contributed by atoms with Crippen LogP contribution in [0.15, 0.2) is 0 Å². The maximum Gasteiger partial charge on any atom is 0.0306 e. The van der Waals surface area contributed by atoms with Crippen molar-refractivity contribution >= 4 is 0 Å². The van der Waals surface area contributed by atoms with Crippen molar-refractivity contribution in [3.05, 3.63) is 0 Å². The van der Waals surface area contributed by atoms with Gasteiger partial charge in [-0.3, -0.25) is 4.90 Å². The lowest BCUT2D eigenvalue weighted by molar-refractivity contribution is 0.0941. The van der Waals surface area contributed by atoms with E-state index in [0.717, 1.165) is 12.6 Å². The van der Waals surface area contributed by atoms with Crippen molar-refractivity contribution in [3.8, 4) is 0 Å². The average molecular weight is 184 g/mol. The molecule has 0 aliphatic carbocycles. The van der Waals surface area contributed by atoms with Crippen LogP contribution in [-0.2, 0) is 0 Å². The highest BCUT2D eigenvalue weighted by Gasteiger charge is 2.35. The Morgan fingerprint density at radius 1 is 1.54 bits per heavy atom. The van der Waals surface area contributed by atoms with Gasteiger partial charge in [0.25, 0.3) is 0 Å². The van der Waals surface area contributed by atoms with E-state index in [-0.39, 0.29) is 5.54 Å². The lowest BCUT2D eigenvalue weighted by Gasteiger charge is -2.41. The van der Waals surface area contributed by atoms with E-state index in [9.17, 15) is 0 Å². The second-order valence-corrected chi connectivity index (χ2v) is 4.64. The number of rotatable bonds is 4. The van der Waals surface area contributed by atoms with Crippen LogP contribution in [-0.4, -0.2) is 29.6 Å². The van der Waals surface area contributed by atoms with Crippen LogP contribution in [0.1, 0.15) is 46.5 Å². The van der Waals surface area contributed by atoms with Crippen molar-refractivity contribution in [2.75, 3.05) is 13.1 Å². The summed E-state index contributed by atoms with van der Waals surface area (Å²) in [6.45, 7) is 8.93. The van der Waals surface area contributed by atoms with Gasteiger partial charge in [-0.15, -0.1) is 0 Å². The van der Waals surface area contributed by atoms with Gasteiger partial charge >= 0.3 is 0 Å².